The molecule has 1 aliphatic carbocycles. The summed E-state index contributed by atoms with van der Waals surface area (Å²) in [5.41, 5.74) is 1.41. The molecule has 0 bridgehead atoms. The van der Waals surface area contributed by atoms with Gasteiger partial charge >= 0.3 is 0 Å². The molecule has 0 spiro atoms. The van der Waals surface area contributed by atoms with E-state index in [-0.39, 0.29) is 0 Å². The number of fused-ring (bicyclic) bond motifs is 1. The van der Waals surface area contributed by atoms with E-state index in [0.717, 1.165) is 19.3 Å². The van der Waals surface area contributed by atoms with Crippen molar-refractivity contribution in [2.45, 2.75) is 32.6 Å². The molecule has 1 heteroatoms. The van der Waals surface area contributed by atoms with Crippen molar-refractivity contribution in [2.24, 2.45) is 11.8 Å². The molecule has 0 unspecified atom stereocenters. The van der Waals surface area contributed by atoms with Crippen LogP contribution in [0.2, 0.25) is 0 Å². The van der Waals surface area contributed by atoms with Gasteiger partial charge in [-0.1, -0.05) is 42.5 Å². The zero-order valence-corrected chi connectivity index (χ0v) is 11.4. The number of ketones is 1. The van der Waals surface area contributed by atoms with E-state index in [2.05, 4.69) is 42.5 Å². The Morgan fingerprint density at radius 1 is 1.11 bits per heavy atom. The van der Waals surface area contributed by atoms with Gasteiger partial charge in [0.15, 0.2) is 0 Å². The van der Waals surface area contributed by atoms with Gasteiger partial charge in [0.05, 0.1) is 0 Å². The summed E-state index contributed by atoms with van der Waals surface area (Å²) in [4.78, 5) is 11.4. The summed E-state index contributed by atoms with van der Waals surface area (Å²) >= 11 is 0. The Labute approximate surface area is 114 Å². The third-order valence-electron chi connectivity index (χ3n) is 4.45. The van der Waals surface area contributed by atoms with Crippen LogP contribution >= 0.6 is 0 Å². The van der Waals surface area contributed by atoms with E-state index in [1.54, 1.807) is 6.92 Å². The lowest BCUT2D eigenvalue weighted by molar-refractivity contribution is -0.120. The summed E-state index contributed by atoms with van der Waals surface area (Å²) in [5.74, 6) is 1.39. The Morgan fingerprint density at radius 2 is 1.89 bits per heavy atom. The van der Waals surface area contributed by atoms with E-state index in [1.807, 2.05) is 0 Å². The van der Waals surface area contributed by atoms with Crippen molar-refractivity contribution in [3.05, 3.63) is 48.0 Å². The third-order valence-corrected chi connectivity index (χ3v) is 4.45. The van der Waals surface area contributed by atoms with Crippen molar-refractivity contribution in [2.75, 3.05) is 0 Å². The first kappa shape index (κ1) is 12.4. The minimum absolute atomic E-state index is 0.324. The summed E-state index contributed by atoms with van der Waals surface area (Å²) in [6.07, 6.45) is 4.50. The monoisotopic (exact) mass is 252 g/mol. The van der Waals surface area contributed by atoms with E-state index in [1.165, 1.54) is 22.8 Å². The van der Waals surface area contributed by atoms with Gasteiger partial charge in [-0.05, 0) is 54.9 Å². The number of carbonyl (C=O) groups excluding carboxylic acids is 1. The van der Waals surface area contributed by atoms with Crippen molar-refractivity contribution in [1.29, 1.82) is 0 Å². The highest BCUT2D eigenvalue weighted by Gasteiger charge is 2.27. The summed E-state index contributed by atoms with van der Waals surface area (Å²) in [6, 6.07) is 15.2. The Hall–Kier alpha value is -1.63. The quantitative estimate of drug-likeness (QED) is 0.792. The zero-order chi connectivity index (χ0) is 13.2. The molecule has 2 aromatic carbocycles. The van der Waals surface area contributed by atoms with Gasteiger partial charge in [0.2, 0.25) is 0 Å². The summed E-state index contributed by atoms with van der Waals surface area (Å²) < 4.78 is 0. The highest BCUT2D eigenvalue weighted by atomic mass is 16.1. The van der Waals surface area contributed by atoms with Crippen LogP contribution in [0.1, 0.15) is 31.7 Å². The van der Waals surface area contributed by atoms with Crippen molar-refractivity contribution >= 4 is 16.6 Å². The van der Waals surface area contributed by atoms with Gasteiger partial charge in [0, 0.05) is 5.92 Å². The molecule has 98 valence electrons. The first-order valence-electron chi connectivity index (χ1n) is 7.20. The minimum Gasteiger partial charge on any atom is -0.300 e. The average molecular weight is 252 g/mol. The molecule has 0 radical (unpaired) electrons. The van der Waals surface area contributed by atoms with Gasteiger partial charge in [-0.3, -0.25) is 4.79 Å². The lowest BCUT2D eigenvalue weighted by Gasteiger charge is -2.10. The minimum atomic E-state index is 0.324. The molecule has 1 saturated carbocycles. The molecule has 0 aliphatic heterocycles. The Kier molecular flexibility index (Phi) is 3.37. The Balaban J connectivity index is 1.73. The predicted octanol–water partition coefficient (Wildman–Crippen LogP) is 4.39. The van der Waals surface area contributed by atoms with Crippen LogP contribution < -0.4 is 0 Å². The molecule has 2 atom stereocenters. The molecule has 2 aromatic rings. The standard InChI is InChI=1S/C18H20O/c1-13(19)17-9-7-14(11-17)10-15-6-8-16-4-2-3-5-18(16)12-15/h2-6,8,12,14,17H,7,9-11H2,1H3/t14-,17+/m0/s1. The largest absolute Gasteiger partial charge is 0.300 e. The molecule has 0 saturated heterocycles. The van der Waals surface area contributed by atoms with Crippen molar-refractivity contribution in [1.82, 2.24) is 0 Å². The van der Waals surface area contributed by atoms with Gasteiger partial charge < -0.3 is 0 Å². The fourth-order valence-corrected chi connectivity index (χ4v) is 3.33. The van der Waals surface area contributed by atoms with E-state index < -0.39 is 0 Å². The molecule has 0 heterocycles. The number of hydrogen-bond donors (Lipinski definition) is 0. The Morgan fingerprint density at radius 3 is 2.63 bits per heavy atom. The van der Waals surface area contributed by atoms with Gasteiger partial charge in [0.25, 0.3) is 0 Å². The lowest BCUT2D eigenvalue weighted by Crippen LogP contribution is -2.07. The number of benzene rings is 2. The fraction of sp³-hybridized carbons (Fsp3) is 0.389. The lowest BCUT2D eigenvalue weighted by atomic mass is 9.94. The molecule has 0 amide bonds. The van der Waals surface area contributed by atoms with Crippen molar-refractivity contribution in [3.8, 4) is 0 Å². The van der Waals surface area contributed by atoms with Crippen LogP contribution in [-0.2, 0) is 11.2 Å². The normalized spacial score (nSPS) is 22.8. The molecule has 1 fully saturated rings. The highest BCUT2D eigenvalue weighted by Crippen LogP contribution is 2.34. The first-order chi connectivity index (χ1) is 9.22. The second kappa shape index (κ2) is 5.16. The van der Waals surface area contributed by atoms with E-state index in [9.17, 15) is 4.79 Å². The van der Waals surface area contributed by atoms with Crippen LogP contribution in [0, 0.1) is 11.8 Å². The summed E-state index contributed by atoms with van der Waals surface area (Å²) in [6.45, 7) is 1.74. The summed E-state index contributed by atoms with van der Waals surface area (Å²) in [7, 11) is 0. The third kappa shape index (κ3) is 2.70. The Bertz CT molecular complexity index is 599. The number of rotatable bonds is 3. The van der Waals surface area contributed by atoms with Gasteiger partial charge in [-0.25, -0.2) is 0 Å². The molecule has 19 heavy (non-hydrogen) atoms. The van der Waals surface area contributed by atoms with Gasteiger partial charge in [-0.15, -0.1) is 0 Å². The van der Waals surface area contributed by atoms with Crippen LogP contribution in [-0.4, -0.2) is 5.78 Å². The molecular formula is C18H20O. The second-order valence-electron chi connectivity index (χ2n) is 5.87. The number of carbonyl (C=O) groups is 1. The van der Waals surface area contributed by atoms with Crippen molar-refractivity contribution < 1.29 is 4.79 Å². The molecule has 1 aliphatic rings. The maximum Gasteiger partial charge on any atom is 0.132 e. The maximum atomic E-state index is 11.4. The molecule has 1 nitrogen and oxygen atoms in total. The van der Waals surface area contributed by atoms with E-state index in [4.69, 9.17) is 0 Å². The molecule has 0 aromatic heterocycles. The maximum absolute atomic E-state index is 11.4. The smallest absolute Gasteiger partial charge is 0.132 e. The fourth-order valence-electron chi connectivity index (χ4n) is 3.33. The average Bonchev–Trinajstić information content (AvgIpc) is 2.87. The van der Waals surface area contributed by atoms with Crippen LogP contribution in [0.25, 0.3) is 10.8 Å². The molecule has 0 N–H and O–H groups in total. The van der Waals surface area contributed by atoms with Crippen LogP contribution in [0.4, 0.5) is 0 Å². The molecular weight excluding hydrogens is 232 g/mol. The van der Waals surface area contributed by atoms with Gasteiger partial charge in [-0.2, -0.15) is 0 Å². The van der Waals surface area contributed by atoms with Crippen LogP contribution in [0.3, 0.4) is 0 Å². The SMILES string of the molecule is CC(=O)[C@@H]1CC[C@@H](Cc2ccc3ccccc3c2)C1. The first-order valence-corrected chi connectivity index (χ1v) is 7.20. The highest BCUT2D eigenvalue weighted by molar-refractivity contribution is 5.83. The van der Waals surface area contributed by atoms with E-state index in [0.29, 0.717) is 17.6 Å². The van der Waals surface area contributed by atoms with Crippen molar-refractivity contribution in [3.63, 3.8) is 0 Å². The number of Topliss-reactive ketones (excluding diaryl/α,β-unsaturated/α-hetero) is 1. The zero-order valence-electron chi connectivity index (χ0n) is 11.4. The summed E-state index contributed by atoms with van der Waals surface area (Å²) in [5, 5.41) is 2.63. The van der Waals surface area contributed by atoms with Gasteiger partial charge in [0.1, 0.15) is 5.78 Å². The van der Waals surface area contributed by atoms with Crippen LogP contribution in [0.15, 0.2) is 42.5 Å². The number of hydrogen-bond acceptors (Lipinski definition) is 1. The topological polar surface area (TPSA) is 17.1 Å². The molecule has 3 rings (SSSR count). The van der Waals surface area contributed by atoms with Crippen LogP contribution in [0.5, 0.6) is 0 Å². The van der Waals surface area contributed by atoms with E-state index >= 15 is 0 Å². The predicted molar refractivity (Wildman–Crippen MR) is 79.2 cm³/mol. The second-order valence-corrected chi connectivity index (χ2v) is 5.87.